The van der Waals surface area contributed by atoms with Gasteiger partial charge < -0.3 is 0 Å². The molecule has 0 saturated carbocycles. The van der Waals surface area contributed by atoms with Crippen LogP contribution in [0.3, 0.4) is 0 Å². The summed E-state index contributed by atoms with van der Waals surface area (Å²) in [6, 6.07) is 100. The molecule has 0 spiro atoms. The third-order valence-corrected chi connectivity index (χ3v) is 14.8. The fourth-order valence-corrected chi connectivity index (χ4v) is 10.8. The Labute approximate surface area is 452 Å². The number of hydrogen-bond acceptors (Lipinski definition) is 5. The average molecular weight is 994 g/mol. The van der Waals surface area contributed by atoms with Gasteiger partial charge in [0.1, 0.15) is 0 Å². The second-order valence-electron chi connectivity index (χ2n) is 19.6. The highest BCUT2D eigenvalue weighted by atomic mass is 15.0. The maximum atomic E-state index is 5.45. The molecule has 5 heteroatoms. The van der Waals surface area contributed by atoms with Crippen LogP contribution in [0.15, 0.2) is 285 Å². The summed E-state index contributed by atoms with van der Waals surface area (Å²) in [7, 11) is 0. The standard InChI is InChI=1S/C73H47N5/c1-5-17-48(18-6-1)52-29-37-56(38-30-52)68-47-69(57-39-31-53(32-40-57)49-19-7-2-8-20-49)75-72(74-68)66-45-64-61-26-14-16-28-63(61)67(46-65(64)60-25-13-15-27-62(60)66)73-77-70(58-41-33-54(34-42-58)50-21-9-3-10-22-50)76-71(78-73)59-43-35-55(36-44-59)51-23-11-4-12-24-51/h1-47H. The van der Waals surface area contributed by atoms with E-state index in [0.717, 1.165) is 110 Å². The van der Waals surface area contributed by atoms with E-state index in [1.54, 1.807) is 0 Å². The quantitative estimate of drug-likeness (QED) is 0.128. The second kappa shape index (κ2) is 20.0. The summed E-state index contributed by atoms with van der Waals surface area (Å²) in [4.78, 5) is 26.8. The van der Waals surface area contributed by atoms with Crippen molar-refractivity contribution in [3.8, 4) is 113 Å². The van der Waals surface area contributed by atoms with E-state index in [-0.39, 0.29) is 0 Å². The molecule has 0 atom stereocenters. The first kappa shape index (κ1) is 46.1. The van der Waals surface area contributed by atoms with Gasteiger partial charge in [0.25, 0.3) is 0 Å². The van der Waals surface area contributed by atoms with Crippen molar-refractivity contribution >= 4 is 32.3 Å². The zero-order chi connectivity index (χ0) is 51.8. The molecule has 0 radical (unpaired) electrons. The molecule has 0 unspecified atom stereocenters. The predicted molar refractivity (Wildman–Crippen MR) is 322 cm³/mol. The Bertz CT molecular complexity index is 3980. The van der Waals surface area contributed by atoms with E-state index in [9.17, 15) is 0 Å². The molecule has 5 nitrogen and oxygen atoms in total. The van der Waals surface area contributed by atoms with E-state index in [2.05, 4.69) is 261 Å². The molecule has 2 aromatic heterocycles. The Hall–Kier alpha value is -10.5. The van der Waals surface area contributed by atoms with Gasteiger partial charge in [0, 0.05) is 33.4 Å². The van der Waals surface area contributed by atoms with Crippen molar-refractivity contribution in [1.82, 2.24) is 24.9 Å². The molecule has 14 aromatic rings. The minimum atomic E-state index is 0.595. The monoisotopic (exact) mass is 993 g/mol. The molecule has 12 aromatic carbocycles. The summed E-state index contributed by atoms with van der Waals surface area (Å²) in [5.41, 5.74) is 16.6. The van der Waals surface area contributed by atoms with E-state index >= 15 is 0 Å². The Balaban J connectivity index is 0.940. The Morgan fingerprint density at radius 3 is 0.731 bits per heavy atom. The molecule has 14 rings (SSSR count). The molecule has 0 aliphatic rings. The summed E-state index contributed by atoms with van der Waals surface area (Å²) in [6.45, 7) is 0. The van der Waals surface area contributed by atoms with Crippen molar-refractivity contribution in [2.24, 2.45) is 0 Å². The molecule has 364 valence electrons. The van der Waals surface area contributed by atoms with Crippen LogP contribution in [0.2, 0.25) is 0 Å². The van der Waals surface area contributed by atoms with Crippen LogP contribution in [0.4, 0.5) is 0 Å². The highest BCUT2D eigenvalue weighted by Gasteiger charge is 2.21. The van der Waals surface area contributed by atoms with Crippen LogP contribution >= 0.6 is 0 Å². The smallest absolute Gasteiger partial charge is 0.164 e. The van der Waals surface area contributed by atoms with E-state index in [4.69, 9.17) is 24.9 Å². The van der Waals surface area contributed by atoms with Crippen molar-refractivity contribution < 1.29 is 0 Å². The van der Waals surface area contributed by atoms with Gasteiger partial charge in [0.05, 0.1) is 11.4 Å². The van der Waals surface area contributed by atoms with E-state index in [0.29, 0.717) is 23.3 Å². The molecule has 78 heavy (non-hydrogen) atoms. The molecule has 0 bridgehead atoms. The van der Waals surface area contributed by atoms with Crippen LogP contribution in [0.25, 0.3) is 145 Å². The lowest BCUT2D eigenvalue weighted by Gasteiger charge is -2.16. The van der Waals surface area contributed by atoms with Gasteiger partial charge in [-0.3, -0.25) is 0 Å². The van der Waals surface area contributed by atoms with Gasteiger partial charge in [-0.2, -0.15) is 0 Å². The minimum absolute atomic E-state index is 0.595. The van der Waals surface area contributed by atoms with Gasteiger partial charge in [0.2, 0.25) is 0 Å². The SMILES string of the molecule is c1ccc(-c2ccc(-c3cc(-c4ccc(-c5ccccc5)cc4)nc(-c4cc5c6ccccc6c(-c6nc(-c7ccc(-c8ccccc8)cc7)nc(-c7ccc(-c8ccccc8)cc7)n6)cc5c5ccccc45)n3)cc2)cc1. The molecule has 0 amide bonds. The Morgan fingerprint density at radius 2 is 0.397 bits per heavy atom. The van der Waals surface area contributed by atoms with Crippen molar-refractivity contribution in [3.63, 3.8) is 0 Å². The third kappa shape index (κ3) is 8.85. The normalized spacial score (nSPS) is 11.3. The predicted octanol–water partition coefficient (Wildman–Crippen LogP) is 18.8. The van der Waals surface area contributed by atoms with Gasteiger partial charge in [-0.25, -0.2) is 24.9 Å². The van der Waals surface area contributed by atoms with Crippen molar-refractivity contribution in [2.45, 2.75) is 0 Å². The Kier molecular flexibility index (Phi) is 11.8. The lowest BCUT2D eigenvalue weighted by atomic mass is 9.90. The molecule has 0 aliphatic heterocycles. The van der Waals surface area contributed by atoms with Crippen LogP contribution in [-0.4, -0.2) is 24.9 Å². The number of benzene rings is 12. The number of aromatic nitrogens is 5. The highest BCUT2D eigenvalue weighted by molar-refractivity contribution is 6.23. The van der Waals surface area contributed by atoms with E-state index in [1.165, 1.54) is 11.1 Å². The van der Waals surface area contributed by atoms with E-state index in [1.807, 2.05) is 24.3 Å². The van der Waals surface area contributed by atoms with Crippen LogP contribution in [-0.2, 0) is 0 Å². The number of nitrogens with zero attached hydrogens (tertiary/aromatic N) is 5. The second-order valence-corrected chi connectivity index (χ2v) is 19.6. The first-order valence-corrected chi connectivity index (χ1v) is 26.3. The van der Waals surface area contributed by atoms with Crippen LogP contribution < -0.4 is 0 Å². The maximum Gasteiger partial charge on any atom is 0.164 e. The average Bonchev–Trinajstić information content (AvgIpc) is 3.65. The molecule has 0 N–H and O–H groups in total. The van der Waals surface area contributed by atoms with Crippen molar-refractivity contribution in [2.75, 3.05) is 0 Å². The maximum absolute atomic E-state index is 5.45. The van der Waals surface area contributed by atoms with Gasteiger partial charge in [-0.15, -0.1) is 0 Å². The van der Waals surface area contributed by atoms with Gasteiger partial charge in [-0.1, -0.05) is 267 Å². The number of fused-ring (bicyclic) bond motifs is 5. The minimum Gasteiger partial charge on any atom is -0.228 e. The summed E-state index contributed by atoms with van der Waals surface area (Å²) < 4.78 is 0. The van der Waals surface area contributed by atoms with Crippen LogP contribution in [0.5, 0.6) is 0 Å². The van der Waals surface area contributed by atoms with Gasteiger partial charge in [0.15, 0.2) is 23.3 Å². The van der Waals surface area contributed by atoms with Gasteiger partial charge in [-0.05, 0) is 95.0 Å². The van der Waals surface area contributed by atoms with Gasteiger partial charge >= 0.3 is 0 Å². The summed E-state index contributed by atoms with van der Waals surface area (Å²) in [5.74, 6) is 2.45. The summed E-state index contributed by atoms with van der Waals surface area (Å²) in [5, 5.41) is 6.39. The van der Waals surface area contributed by atoms with Crippen LogP contribution in [0, 0.1) is 0 Å². The molecular weight excluding hydrogens is 947 g/mol. The number of rotatable bonds is 10. The highest BCUT2D eigenvalue weighted by Crippen LogP contribution is 2.42. The third-order valence-electron chi connectivity index (χ3n) is 14.8. The first-order chi connectivity index (χ1) is 38.6. The first-order valence-electron chi connectivity index (χ1n) is 26.3. The fraction of sp³-hybridized carbons (Fsp3) is 0. The Morgan fingerprint density at radius 1 is 0.154 bits per heavy atom. The lowest BCUT2D eigenvalue weighted by Crippen LogP contribution is -2.01. The summed E-state index contributed by atoms with van der Waals surface area (Å²) >= 11 is 0. The van der Waals surface area contributed by atoms with E-state index < -0.39 is 0 Å². The molecule has 0 fully saturated rings. The van der Waals surface area contributed by atoms with Crippen molar-refractivity contribution in [1.29, 1.82) is 0 Å². The fourth-order valence-electron chi connectivity index (χ4n) is 10.8. The molecule has 2 heterocycles. The topological polar surface area (TPSA) is 64.5 Å². The zero-order valence-corrected chi connectivity index (χ0v) is 42.4. The lowest BCUT2D eigenvalue weighted by molar-refractivity contribution is 1.08. The van der Waals surface area contributed by atoms with Crippen molar-refractivity contribution in [3.05, 3.63) is 285 Å². The molecular formula is C73H47N5. The molecule has 0 aliphatic carbocycles. The molecule has 0 saturated heterocycles. The zero-order valence-electron chi connectivity index (χ0n) is 42.4. The number of hydrogen-bond donors (Lipinski definition) is 0. The summed E-state index contributed by atoms with van der Waals surface area (Å²) in [6.07, 6.45) is 0. The largest absolute Gasteiger partial charge is 0.228 e. The van der Waals surface area contributed by atoms with Crippen LogP contribution in [0.1, 0.15) is 0 Å².